The lowest BCUT2D eigenvalue weighted by Crippen LogP contribution is -2.54. The van der Waals surface area contributed by atoms with Gasteiger partial charge in [0.2, 0.25) is 0 Å². The molecule has 0 spiro atoms. The molecule has 0 aliphatic carbocycles. The zero-order valence-corrected chi connectivity index (χ0v) is 22.0. The van der Waals surface area contributed by atoms with Crippen LogP contribution in [0.25, 0.3) is 0 Å². The number of carbonyl (C=O) groups excluding carboxylic acids is 2. The Kier molecular flexibility index (Phi) is 8.65. The fourth-order valence-electron chi connectivity index (χ4n) is 4.17. The summed E-state index contributed by atoms with van der Waals surface area (Å²) in [5, 5.41) is 2.77. The van der Waals surface area contributed by atoms with Crippen LogP contribution in [0, 0.1) is 26.7 Å². The molecule has 3 rings (SSSR count). The second-order valence-electron chi connectivity index (χ2n) is 9.09. The number of benzene rings is 2. The van der Waals surface area contributed by atoms with Crippen LogP contribution in [-0.2, 0) is 21.4 Å². The minimum atomic E-state index is -4.01. The lowest BCUT2D eigenvalue weighted by atomic mass is 9.98. The minimum Gasteiger partial charge on any atom is -0.340 e. The zero-order chi connectivity index (χ0) is 26.5. The maximum atomic E-state index is 13.0. The molecule has 0 aliphatic rings. The lowest BCUT2D eigenvalue weighted by molar-refractivity contribution is -0.124. The number of nitrogens with zero attached hydrogens (tertiary/aromatic N) is 2. The van der Waals surface area contributed by atoms with Gasteiger partial charge in [0.15, 0.2) is 0 Å². The number of aromatic nitrogens is 2. The van der Waals surface area contributed by atoms with Gasteiger partial charge < -0.3 is 9.88 Å². The predicted octanol–water partition coefficient (Wildman–Crippen LogP) is 3.01. The summed E-state index contributed by atoms with van der Waals surface area (Å²) >= 11 is 0. The molecule has 0 saturated carbocycles. The Morgan fingerprint density at radius 2 is 1.78 bits per heavy atom. The molecule has 2 aromatic carbocycles. The molecular formula is C26H33N5O4S. The lowest BCUT2D eigenvalue weighted by Gasteiger charge is -2.24. The van der Waals surface area contributed by atoms with E-state index >= 15 is 0 Å². The van der Waals surface area contributed by atoms with Gasteiger partial charge in [0.1, 0.15) is 6.04 Å². The fourth-order valence-corrected chi connectivity index (χ4v) is 5.47. The quantitative estimate of drug-likeness (QED) is 0.361. The van der Waals surface area contributed by atoms with Gasteiger partial charge >= 0.3 is 0 Å². The molecule has 1 heterocycles. The van der Waals surface area contributed by atoms with Crippen molar-refractivity contribution in [2.24, 2.45) is 5.92 Å². The van der Waals surface area contributed by atoms with E-state index in [0.717, 1.165) is 11.1 Å². The van der Waals surface area contributed by atoms with Gasteiger partial charge in [-0.25, -0.2) is 13.4 Å². The number of hydrazine groups is 1. The highest BCUT2D eigenvalue weighted by atomic mass is 32.2. The highest BCUT2D eigenvalue weighted by Crippen LogP contribution is 2.21. The van der Waals surface area contributed by atoms with E-state index in [2.05, 4.69) is 20.6 Å². The van der Waals surface area contributed by atoms with Crippen molar-refractivity contribution in [3.8, 4) is 0 Å². The molecule has 0 radical (unpaired) electrons. The number of rotatable bonds is 10. The van der Waals surface area contributed by atoms with Crippen molar-refractivity contribution in [2.45, 2.75) is 58.5 Å². The Balaban J connectivity index is 1.73. The molecule has 9 nitrogen and oxygen atoms in total. The third-order valence-electron chi connectivity index (χ3n) is 6.08. The van der Waals surface area contributed by atoms with Crippen molar-refractivity contribution in [1.82, 2.24) is 25.1 Å². The Hall–Kier alpha value is -3.50. The van der Waals surface area contributed by atoms with Gasteiger partial charge in [0, 0.05) is 24.5 Å². The number of carbonyl (C=O) groups is 2. The maximum Gasteiger partial charge on any atom is 0.257 e. The first-order chi connectivity index (χ1) is 17.0. The van der Waals surface area contributed by atoms with Gasteiger partial charge in [0.25, 0.3) is 21.8 Å². The molecule has 3 aromatic rings. The van der Waals surface area contributed by atoms with Crippen LogP contribution in [0.15, 0.2) is 60.0 Å². The van der Waals surface area contributed by atoms with E-state index in [0.29, 0.717) is 29.7 Å². The van der Waals surface area contributed by atoms with Crippen LogP contribution in [0.3, 0.4) is 0 Å². The molecule has 36 heavy (non-hydrogen) atoms. The summed E-state index contributed by atoms with van der Waals surface area (Å²) in [5.74, 6) is -1.30. The van der Waals surface area contributed by atoms with E-state index in [1.54, 1.807) is 56.7 Å². The largest absolute Gasteiger partial charge is 0.340 e. The smallest absolute Gasteiger partial charge is 0.257 e. The number of aryl methyl sites for hydroxylation is 3. The predicted molar refractivity (Wildman–Crippen MR) is 138 cm³/mol. The van der Waals surface area contributed by atoms with E-state index in [4.69, 9.17) is 0 Å². The van der Waals surface area contributed by atoms with Gasteiger partial charge in [-0.15, -0.1) is 4.83 Å². The maximum absolute atomic E-state index is 13.0. The van der Waals surface area contributed by atoms with Gasteiger partial charge in [-0.1, -0.05) is 50.1 Å². The summed E-state index contributed by atoms with van der Waals surface area (Å²) in [6.45, 7) is 9.57. The number of nitrogens with one attached hydrogen (secondary N) is 3. The van der Waals surface area contributed by atoms with Crippen LogP contribution in [0.5, 0.6) is 0 Å². The number of imidazole rings is 1. The molecule has 0 aliphatic heterocycles. The summed E-state index contributed by atoms with van der Waals surface area (Å²) < 4.78 is 27.8. The first-order valence-corrected chi connectivity index (χ1v) is 13.2. The molecule has 10 heteroatoms. The monoisotopic (exact) mass is 511 g/mol. The van der Waals surface area contributed by atoms with E-state index in [-0.39, 0.29) is 10.8 Å². The summed E-state index contributed by atoms with van der Waals surface area (Å²) in [7, 11) is -4.01. The van der Waals surface area contributed by atoms with Gasteiger partial charge in [0.05, 0.1) is 11.2 Å². The number of hydrogen-bond donors (Lipinski definition) is 3. The Morgan fingerprint density at radius 1 is 1.08 bits per heavy atom. The highest BCUT2D eigenvalue weighted by Gasteiger charge is 2.28. The molecule has 192 valence electrons. The van der Waals surface area contributed by atoms with Crippen molar-refractivity contribution >= 4 is 21.8 Å². The average Bonchev–Trinajstić information content (AvgIpc) is 3.32. The first kappa shape index (κ1) is 27.1. The molecule has 2 atom stereocenters. The van der Waals surface area contributed by atoms with Crippen LogP contribution in [-0.4, -0.2) is 35.8 Å². The minimum absolute atomic E-state index is 0.118. The van der Waals surface area contributed by atoms with Crippen molar-refractivity contribution in [2.75, 3.05) is 0 Å². The third kappa shape index (κ3) is 6.58. The van der Waals surface area contributed by atoms with Crippen LogP contribution < -0.4 is 15.6 Å². The van der Waals surface area contributed by atoms with E-state index in [9.17, 15) is 18.0 Å². The van der Waals surface area contributed by atoms with Crippen molar-refractivity contribution in [1.29, 1.82) is 0 Å². The van der Waals surface area contributed by atoms with Crippen LogP contribution in [0.1, 0.15) is 52.9 Å². The van der Waals surface area contributed by atoms with Gasteiger partial charge in [-0.05, 0) is 55.5 Å². The molecule has 1 aromatic heterocycles. The third-order valence-corrected chi connectivity index (χ3v) is 7.63. The van der Waals surface area contributed by atoms with Gasteiger partial charge in [-0.2, -0.15) is 0 Å². The Morgan fingerprint density at radius 3 is 2.39 bits per heavy atom. The van der Waals surface area contributed by atoms with Crippen LogP contribution in [0.2, 0.25) is 0 Å². The molecular weight excluding hydrogens is 478 g/mol. The molecule has 0 bridgehead atoms. The Bertz CT molecular complexity index is 1310. The standard InChI is InChI=1S/C26H33N5O4S/c1-6-18(3)23(26(33)29-30-36(34,35)24-19(4)12-17(2)13-20(24)5)28-25(32)22-9-7-8-21(14-22)15-31-11-10-27-16-31/h7-14,16,18,23,30H,6,15H2,1-5H3,(H,28,32)(H,29,33)/t18?,23-/m0/s1. The normalized spacial score (nSPS) is 13.1. The summed E-state index contributed by atoms with van der Waals surface area (Å²) in [6.07, 6.45) is 5.80. The second kappa shape index (κ2) is 11.5. The molecule has 0 fully saturated rings. The molecule has 3 N–H and O–H groups in total. The van der Waals surface area contributed by atoms with Crippen molar-refractivity contribution < 1.29 is 18.0 Å². The van der Waals surface area contributed by atoms with E-state index in [1.807, 2.05) is 37.6 Å². The molecule has 2 amide bonds. The van der Waals surface area contributed by atoms with Gasteiger partial charge in [-0.3, -0.25) is 15.0 Å². The highest BCUT2D eigenvalue weighted by molar-refractivity contribution is 7.89. The average molecular weight is 512 g/mol. The topological polar surface area (TPSA) is 122 Å². The van der Waals surface area contributed by atoms with Crippen LogP contribution in [0.4, 0.5) is 0 Å². The fraction of sp³-hybridized carbons (Fsp3) is 0.346. The second-order valence-corrected chi connectivity index (χ2v) is 10.7. The summed E-state index contributed by atoms with van der Waals surface area (Å²) in [6, 6.07) is 9.71. The van der Waals surface area contributed by atoms with Crippen molar-refractivity contribution in [3.05, 3.63) is 82.9 Å². The van der Waals surface area contributed by atoms with E-state index < -0.39 is 27.9 Å². The van der Waals surface area contributed by atoms with Crippen LogP contribution >= 0.6 is 0 Å². The van der Waals surface area contributed by atoms with Crippen molar-refractivity contribution in [3.63, 3.8) is 0 Å². The number of amides is 2. The molecule has 1 unspecified atom stereocenters. The first-order valence-electron chi connectivity index (χ1n) is 11.8. The Labute approximate surface area is 212 Å². The molecule has 0 saturated heterocycles. The SMILES string of the molecule is CCC(C)[C@H](NC(=O)c1cccc(Cn2ccnc2)c1)C(=O)NNS(=O)(=O)c1c(C)cc(C)cc1C. The number of sulfonamides is 1. The zero-order valence-electron chi connectivity index (χ0n) is 21.2. The summed E-state index contributed by atoms with van der Waals surface area (Å²) in [5.41, 5.74) is 5.72. The summed E-state index contributed by atoms with van der Waals surface area (Å²) in [4.78, 5) is 32.4. The number of hydrogen-bond acceptors (Lipinski definition) is 5. The van der Waals surface area contributed by atoms with E-state index in [1.165, 1.54) is 0 Å².